The molecule has 1 aromatic rings. The molecule has 1 aromatic carbocycles. The first-order valence-electron chi connectivity index (χ1n) is 7.22. The van der Waals surface area contributed by atoms with E-state index in [2.05, 4.69) is 0 Å². The highest BCUT2D eigenvalue weighted by Gasteiger charge is 2.45. The summed E-state index contributed by atoms with van der Waals surface area (Å²) in [6.07, 6.45) is 3.18. The van der Waals surface area contributed by atoms with Gasteiger partial charge in [-0.05, 0) is 50.3 Å². The maximum Gasteiger partial charge on any atom is 0.329 e. The number of likely N-dealkylation sites (tertiary alicyclic amines) is 1. The smallest absolute Gasteiger partial charge is 0.329 e. The number of aryl methyl sites for hydroxylation is 1. The Kier molecular flexibility index (Phi) is 4.88. The van der Waals surface area contributed by atoms with Gasteiger partial charge in [0.25, 0.3) is 0 Å². The van der Waals surface area contributed by atoms with Gasteiger partial charge in [0.05, 0.1) is 0 Å². The van der Waals surface area contributed by atoms with E-state index in [9.17, 15) is 14.7 Å². The van der Waals surface area contributed by atoms with Crippen molar-refractivity contribution < 1.29 is 14.7 Å². The minimum Gasteiger partial charge on any atom is -0.480 e. The lowest BCUT2D eigenvalue weighted by molar-refractivity contribution is -0.155. The van der Waals surface area contributed by atoms with Crippen molar-refractivity contribution in [1.82, 2.24) is 4.90 Å². The molecule has 0 bridgehead atoms. The summed E-state index contributed by atoms with van der Waals surface area (Å²) in [6, 6.07) is 7.56. The minimum absolute atomic E-state index is 0.0636. The van der Waals surface area contributed by atoms with Crippen LogP contribution < -0.4 is 0 Å². The van der Waals surface area contributed by atoms with Gasteiger partial charge in [-0.15, -0.1) is 0 Å². The Bertz CT molecular complexity index is 529. The van der Waals surface area contributed by atoms with E-state index < -0.39 is 11.5 Å². The van der Waals surface area contributed by atoms with E-state index in [-0.39, 0.29) is 5.91 Å². The summed E-state index contributed by atoms with van der Waals surface area (Å²) in [7, 11) is 0. The Morgan fingerprint density at radius 1 is 1.33 bits per heavy atom. The molecular formula is C16H20ClNO3. The largest absolute Gasteiger partial charge is 0.480 e. The molecule has 0 aromatic heterocycles. The van der Waals surface area contributed by atoms with Crippen LogP contribution in [0, 0.1) is 0 Å². The zero-order valence-electron chi connectivity index (χ0n) is 12.1. The molecule has 1 N–H and O–H groups in total. The van der Waals surface area contributed by atoms with Gasteiger partial charge in [0.2, 0.25) is 5.91 Å². The second-order valence-corrected chi connectivity index (χ2v) is 6.14. The van der Waals surface area contributed by atoms with Crippen molar-refractivity contribution in [2.24, 2.45) is 0 Å². The number of nitrogens with zero attached hydrogens (tertiary/aromatic N) is 1. The molecule has 2 rings (SSSR count). The average Bonchev–Trinajstić information content (AvgIpc) is 2.84. The Hall–Kier alpha value is -1.55. The number of carboxylic acid groups (broad SMARTS) is 1. The standard InChI is InChI=1S/C16H20ClNO3/c1-16(15(20)21)10-3-11-18(16)14(19)5-2-4-12-6-8-13(17)9-7-12/h6-9H,2-5,10-11H2,1H3,(H,20,21). The molecule has 1 heterocycles. The fourth-order valence-electron chi connectivity index (χ4n) is 2.82. The SMILES string of the molecule is CC1(C(=O)O)CCCN1C(=O)CCCc1ccc(Cl)cc1. The quantitative estimate of drug-likeness (QED) is 0.909. The van der Waals surface area contributed by atoms with Gasteiger partial charge < -0.3 is 10.0 Å². The lowest BCUT2D eigenvalue weighted by Crippen LogP contribution is -2.50. The zero-order valence-corrected chi connectivity index (χ0v) is 12.9. The number of carbonyl (C=O) groups is 2. The number of rotatable bonds is 5. The molecule has 4 nitrogen and oxygen atoms in total. The molecule has 1 amide bonds. The summed E-state index contributed by atoms with van der Waals surface area (Å²) in [5.41, 5.74) is 0.104. The second-order valence-electron chi connectivity index (χ2n) is 5.71. The van der Waals surface area contributed by atoms with E-state index in [1.807, 2.05) is 24.3 Å². The molecule has 114 valence electrons. The first kappa shape index (κ1) is 15.8. The third-order valence-electron chi connectivity index (χ3n) is 4.17. The lowest BCUT2D eigenvalue weighted by atomic mass is 9.98. The predicted molar refractivity (Wildman–Crippen MR) is 81.4 cm³/mol. The van der Waals surface area contributed by atoms with Gasteiger partial charge in [-0.3, -0.25) is 4.79 Å². The number of hydrogen-bond donors (Lipinski definition) is 1. The van der Waals surface area contributed by atoms with Crippen molar-refractivity contribution in [3.05, 3.63) is 34.9 Å². The monoisotopic (exact) mass is 309 g/mol. The van der Waals surface area contributed by atoms with E-state index in [1.54, 1.807) is 6.92 Å². The highest BCUT2D eigenvalue weighted by atomic mass is 35.5. The maximum absolute atomic E-state index is 12.3. The highest BCUT2D eigenvalue weighted by molar-refractivity contribution is 6.30. The molecule has 5 heteroatoms. The molecule has 1 aliphatic heterocycles. The van der Waals surface area contributed by atoms with Crippen molar-refractivity contribution in [3.8, 4) is 0 Å². The molecule has 1 fully saturated rings. The lowest BCUT2D eigenvalue weighted by Gasteiger charge is -2.31. The number of hydrogen-bond acceptors (Lipinski definition) is 2. The fraction of sp³-hybridized carbons (Fsp3) is 0.500. The molecule has 0 saturated carbocycles. The molecular weight excluding hydrogens is 290 g/mol. The van der Waals surface area contributed by atoms with Gasteiger partial charge in [-0.1, -0.05) is 23.7 Å². The van der Waals surface area contributed by atoms with Crippen LogP contribution in [0.15, 0.2) is 24.3 Å². The predicted octanol–water partition coefficient (Wildman–Crippen LogP) is 3.13. The molecule has 0 aliphatic carbocycles. The van der Waals surface area contributed by atoms with Gasteiger partial charge in [0.1, 0.15) is 5.54 Å². The number of halogens is 1. The molecule has 21 heavy (non-hydrogen) atoms. The number of aliphatic carboxylic acids is 1. The third-order valence-corrected chi connectivity index (χ3v) is 4.42. The van der Waals surface area contributed by atoms with Crippen LogP contribution in [0.2, 0.25) is 5.02 Å². The number of benzene rings is 1. The van der Waals surface area contributed by atoms with Crippen LogP contribution in [-0.2, 0) is 16.0 Å². The topological polar surface area (TPSA) is 57.6 Å². The van der Waals surface area contributed by atoms with E-state index in [0.717, 1.165) is 18.4 Å². The summed E-state index contributed by atoms with van der Waals surface area (Å²) >= 11 is 5.83. The minimum atomic E-state index is -1.03. The van der Waals surface area contributed by atoms with Gasteiger partial charge >= 0.3 is 5.97 Å². The summed E-state index contributed by atoms with van der Waals surface area (Å²) in [5.74, 6) is -0.975. The van der Waals surface area contributed by atoms with Crippen molar-refractivity contribution in [1.29, 1.82) is 0 Å². The molecule has 0 radical (unpaired) electrons. The van der Waals surface area contributed by atoms with Crippen molar-refractivity contribution in [2.75, 3.05) is 6.54 Å². The maximum atomic E-state index is 12.3. The summed E-state index contributed by atoms with van der Waals surface area (Å²) in [6.45, 7) is 2.18. The zero-order chi connectivity index (χ0) is 15.5. The summed E-state index contributed by atoms with van der Waals surface area (Å²) < 4.78 is 0. The van der Waals surface area contributed by atoms with Crippen LogP contribution in [0.1, 0.15) is 38.2 Å². The Labute approximate surface area is 129 Å². The third kappa shape index (κ3) is 3.56. The number of amides is 1. The Balaban J connectivity index is 1.87. The Morgan fingerprint density at radius 3 is 2.62 bits per heavy atom. The van der Waals surface area contributed by atoms with Crippen molar-refractivity contribution in [2.45, 2.75) is 44.6 Å². The van der Waals surface area contributed by atoms with Gasteiger partial charge in [0, 0.05) is 18.0 Å². The van der Waals surface area contributed by atoms with Crippen LogP contribution in [0.5, 0.6) is 0 Å². The van der Waals surface area contributed by atoms with E-state index >= 15 is 0 Å². The van der Waals surface area contributed by atoms with E-state index in [0.29, 0.717) is 30.8 Å². The first-order chi connectivity index (χ1) is 9.93. The second kappa shape index (κ2) is 6.48. The van der Waals surface area contributed by atoms with Crippen LogP contribution in [-0.4, -0.2) is 34.0 Å². The van der Waals surface area contributed by atoms with Crippen LogP contribution in [0.3, 0.4) is 0 Å². The van der Waals surface area contributed by atoms with Gasteiger partial charge in [0.15, 0.2) is 0 Å². The summed E-state index contributed by atoms with van der Waals surface area (Å²) in [5, 5.41) is 10.0. The van der Waals surface area contributed by atoms with Crippen molar-refractivity contribution >= 4 is 23.5 Å². The van der Waals surface area contributed by atoms with Crippen LogP contribution in [0.4, 0.5) is 0 Å². The van der Waals surface area contributed by atoms with Crippen molar-refractivity contribution in [3.63, 3.8) is 0 Å². The van der Waals surface area contributed by atoms with E-state index in [4.69, 9.17) is 11.6 Å². The van der Waals surface area contributed by atoms with Crippen LogP contribution in [0.25, 0.3) is 0 Å². The fourth-order valence-corrected chi connectivity index (χ4v) is 2.94. The summed E-state index contributed by atoms with van der Waals surface area (Å²) in [4.78, 5) is 25.1. The molecule has 1 saturated heterocycles. The van der Waals surface area contributed by atoms with E-state index in [1.165, 1.54) is 4.90 Å². The Morgan fingerprint density at radius 2 is 2.00 bits per heavy atom. The number of carboxylic acids is 1. The highest BCUT2D eigenvalue weighted by Crippen LogP contribution is 2.30. The normalized spacial score (nSPS) is 21.5. The van der Waals surface area contributed by atoms with Gasteiger partial charge in [-0.25, -0.2) is 4.79 Å². The van der Waals surface area contributed by atoms with Crippen LogP contribution >= 0.6 is 11.6 Å². The molecule has 1 atom stereocenters. The molecule has 0 spiro atoms. The first-order valence-corrected chi connectivity index (χ1v) is 7.59. The average molecular weight is 310 g/mol. The number of carbonyl (C=O) groups excluding carboxylic acids is 1. The molecule has 1 aliphatic rings. The van der Waals surface area contributed by atoms with Gasteiger partial charge in [-0.2, -0.15) is 0 Å². The molecule has 1 unspecified atom stereocenters.